The van der Waals surface area contributed by atoms with Gasteiger partial charge in [0, 0.05) is 16.1 Å². The number of aromatic nitrogens is 2. The molecular formula is C22H22ClF3N4O4. The molecule has 0 aliphatic heterocycles. The van der Waals surface area contributed by atoms with Gasteiger partial charge in [-0.1, -0.05) is 18.0 Å². The minimum atomic E-state index is -4.49. The maximum absolute atomic E-state index is 12.8. The van der Waals surface area contributed by atoms with Crippen LogP contribution in [0.15, 0.2) is 51.7 Å². The van der Waals surface area contributed by atoms with E-state index in [2.05, 4.69) is 5.10 Å². The van der Waals surface area contributed by atoms with Crippen molar-refractivity contribution in [1.29, 1.82) is 0 Å². The summed E-state index contributed by atoms with van der Waals surface area (Å²) in [5, 5.41) is 4.36. The van der Waals surface area contributed by atoms with Gasteiger partial charge in [0.25, 0.3) is 0 Å². The first-order chi connectivity index (χ1) is 16.1. The van der Waals surface area contributed by atoms with E-state index in [-0.39, 0.29) is 23.7 Å². The molecule has 1 aromatic heterocycles. The third-order valence-electron chi connectivity index (χ3n) is 4.89. The number of nitrogens with two attached hydrogens (primary N) is 2. The molecule has 0 bridgehead atoms. The molecule has 3 aromatic rings. The second-order valence-electron chi connectivity index (χ2n) is 7.47. The predicted molar refractivity (Wildman–Crippen MR) is 118 cm³/mol. The summed E-state index contributed by atoms with van der Waals surface area (Å²) in [6.45, 7) is 0.318. The monoisotopic (exact) mass is 498 g/mol. The topological polar surface area (TPSA) is 126 Å². The minimum Gasteiger partial charge on any atom is -0.425 e. The second-order valence-corrected chi connectivity index (χ2v) is 7.91. The highest BCUT2D eigenvalue weighted by Gasteiger charge is 2.30. The van der Waals surface area contributed by atoms with Crippen molar-refractivity contribution in [3.05, 3.63) is 69.2 Å². The third-order valence-corrected chi connectivity index (χ3v) is 5.13. The van der Waals surface area contributed by atoms with Crippen LogP contribution in [0.2, 0.25) is 5.02 Å². The summed E-state index contributed by atoms with van der Waals surface area (Å²) in [6, 6.07) is 7.63. The molecule has 2 aromatic carbocycles. The molecule has 0 radical (unpaired) electrons. The van der Waals surface area contributed by atoms with Crippen LogP contribution in [-0.4, -0.2) is 28.3 Å². The number of unbranched alkanes of at least 4 members (excludes halogenated alkanes) is 1. The first-order valence-electron chi connectivity index (χ1n) is 10.3. The highest BCUT2D eigenvalue weighted by molar-refractivity contribution is 6.30. The SMILES string of the molecule is NCCCCC(N)C(=O)Oc1ccc(Cl)cc1Cn1nc(-c2ccc(C(F)(F)F)cc2)oc1=O. The van der Waals surface area contributed by atoms with E-state index in [1.165, 1.54) is 18.2 Å². The van der Waals surface area contributed by atoms with Crippen molar-refractivity contribution in [2.45, 2.75) is 38.0 Å². The predicted octanol–water partition coefficient (Wildman–Crippen LogP) is 3.59. The van der Waals surface area contributed by atoms with E-state index in [1.54, 1.807) is 0 Å². The molecule has 1 atom stereocenters. The summed E-state index contributed by atoms with van der Waals surface area (Å²) in [5.41, 5.74) is 11.0. The highest BCUT2D eigenvalue weighted by atomic mass is 35.5. The number of carbonyl (C=O) groups is 1. The van der Waals surface area contributed by atoms with Crippen LogP contribution >= 0.6 is 11.6 Å². The van der Waals surface area contributed by atoms with Crippen LogP contribution in [0.25, 0.3) is 11.5 Å². The molecule has 12 heteroatoms. The van der Waals surface area contributed by atoms with Gasteiger partial charge in [-0.05, 0) is 61.9 Å². The molecule has 4 N–H and O–H groups in total. The summed E-state index contributed by atoms with van der Waals surface area (Å²) in [4.78, 5) is 24.7. The van der Waals surface area contributed by atoms with Crippen LogP contribution in [0.5, 0.6) is 5.75 Å². The fraction of sp³-hybridized carbons (Fsp3) is 0.318. The fourth-order valence-corrected chi connectivity index (χ4v) is 3.26. The van der Waals surface area contributed by atoms with E-state index in [9.17, 15) is 22.8 Å². The van der Waals surface area contributed by atoms with Gasteiger partial charge in [-0.3, -0.25) is 0 Å². The lowest BCUT2D eigenvalue weighted by Crippen LogP contribution is -2.34. The first kappa shape index (κ1) is 25.5. The Balaban J connectivity index is 1.79. The Kier molecular flexibility index (Phi) is 8.13. The van der Waals surface area contributed by atoms with Crippen LogP contribution in [-0.2, 0) is 17.5 Å². The molecule has 0 amide bonds. The van der Waals surface area contributed by atoms with Gasteiger partial charge >= 0.3 is 17.9 Å². The summed E-state index contributed by atoms with van der Waals surface area (Å²) in [7, 11) is 0. The molecule has 1 unspecified atom stereocenters. The number of halogens is 4. The second kappa shape index (κ2) is 10.9. The van der Waals surface area contributed by atoms with E-state index in [4.69, 9.17) is 32.2 Å². The zero-order chi connectivity index (χ0) is 24.9. The molecule has 182 valence electrons. The quantitative estimate of drug-likeness (QED) is 0.262. The normalized spacial score (nSPS) is 12.5. The van der Waals surface area contributed by atoms with Gasteiger partial charge in [-0.2, -0.15) is 17.9 Å². The van der Waals surface area contributed by atoms with Gasteiger partial charge in [0.1, 0.15) is 11.8 Å². The smallest absolute Gasteiger partial charge is 0.425 e. The van der Waals surface area contributed by atoms with E-state index in [1.807, 2.05) is 0 Å². The molecular weight excluding hydrogens is 477 g/mol. The van der Waals surface area contributed by atoms with Gasteiger partial charge < -0.3 is 20.6 Å². The van der Waals surface area contributed by atoms with Gasteiger partial charge in [-0.25, -0.2) is 9.59 Å². The van der Waals surface area contributed by atoms with Gasteiger partial charge in [-0.15, -0.1) is 5.10 Å². The molecule has 34 heavy (non-hydrogen) atoms. The van der Waals surface area contributed by atoms with E-state index in [0.29, 0.717) is 30.0 Å². The van der Waals surface area contributed by atoms with Gasteiger partial charge in [0.2, 0.25) is 5.89 Å². The lowest BCUT2D eigenvalue weighted by atomic mass is 10.1. The Hall–Kier alpha value is -3.15. The maximum Gasteiger partial charge on any atom is 0.437 e. The Bertz CT molecular complexity index is 1190. The summed E-state index contributed by atoms with van der Waals surface area (Å²) >= 11 is 6.06. The van der Waals surface area contributed by atoms with Crippen molar-refractivity contribution in [3.63, 3.8) is 0 Å². The number of ether oxygens (including phenoxy) is 1. The largest absolute Gasteiger partial charge is 0.437 e. The average molecular weight is 499 g/mol. The number of benzene rings is 2. The van der Waals surface area contributed by atoms with Crippen molar-refractivity contribution in [2.75, 3.05) is 6.54 Å². The van der Waals surface area contributed by atoms with Crippen molar-refractivity contribution < 1.29 is 27.1 Å². The number of esters is 1. The molecule has 0 aliphatic rings. The van der Waals surface area contributed by atoms with Crippen LogP contribution in [0.3, 0.4) is 0 Å². The number of nitrogens with zero attached hydrogens (tertiary/aromatic N) is 2. The van der Waals surface area contributed by atoms with Crippen molar-refractivity contribution in [2.24, 2.45) is 11.5 Å². The molecule has 0 fully saturated rings. The van der Waals surface area contributed by atoms with Crippen molar-refractivity contribution >= 4 is 17.6 Å². The molecule has 0 saturated carbocycles. The number of rotatable bonds is 9. The lowest BCUT2D eigenvalue weighted by Gasteiger charge is -2.14. The van der Waals surface area contributed by atoms with E-state index < -0.39 is 29.5 Å². The average Bonchev–Trinajstić information content (AvgIpc) is 3.15. The molecule has 0 saturated heterocycles. The van der Waals surface area contributed by atoms with E-state index in [0.717, 1.165) is 35.4 Å². The molecule has 1 heterocycles. The highest BCUT2D eigenvalue weighted by Crippen LogP contribution is 2.30. The first-order valence-corrected chi connectivity index (χ1v) is 10.7. The standard InChI is InChI=1S/C22H22ClF3N4O4/c23-16-8-9-18(33-20(31)17(28)3-1-2-10-27)14(11-16)12-30-21(32)34-19(29-30)13-4-6-15(7-5-13)22(24,25)26/h4-9,11,17H,1-3,10,12,27-28H2. The Morgan fingerprint density at radius 3 is 2.53 bits per heavy atom. The summed E-state index contributed by atoms with van der Waals surface area (Å²) < 4.78 is 49.7. The van der Waals surface area contributed by atoms with Gasteiger partial charge in [0.05, 0.1) is 12.1 Å². The van der Waals surface area contributed by atoms with Crippen LogP contribution in [0.4, 0.5) is 13.2 Å². The third kappa shape index (κ3) is 6.46. The fourth-order valence-electron chi connectivity index (χ4n) is 3.07. The Labute approximate surface area is 197 Å². The Morgan fingerprint density at radius 2 is 1.88 bits per heavy atom. The summed E-state index contributed by atoms with van der Waals surface area (Å²) in [5.74, 6) is -1.54. The number of carbonyl (C=O) groups excluding carboxylic acids is 1. The molecule has 0 spiro atoms. The Morgan fingerprint density at radius 1 is 1.18 bits per heavy atom. The van der Waals surface area contributed by atoms with Crippen LogP contribution in [0, 0.1) is 0 Å². The minimum absolute atomic E-state index is 0.134. The number of hydrogen-bond acceptors (Lipinski definition) is 7. The van der Waals surface area contributed by atoms with Crippen molar-refractivity contribution in [1.82, 2.24) is 9.78 Å². The summed E-state index contributed by atoms with van der Waals surface area (Å²) in [6.07, 6.45) is -2.70. The molecule has 0 aliphatic carbocycles. The maximum atomic E-state index is 12.8. The lowest BCUT2D eigenvalue weighted by molar-refractivity contribution is -0.138. The van der Waals surface area contributed by atoms with Crippen LogP contribution < -0.4 is 22.0 Å². The van der Waals surface area contributed by atoms with E-state index >= 15 is 0 Å². The number of alkyl halides is 3. The molecule has 8 nitrogen and oxygen atoms in total. The zero-order valence-electron chi connectivity index (χ0n) is 17.8. The van der Waals surface area contributed by atoms with Crippen LogP contribution in [0.1, 0.15) is 30.4 Å². The molecule has 3 rings (SSSR count). The zero-order valence-corrected chi connectivity index (χ0v) is 18.6. The van der Waals surface area contributed by atoms with Crippen molar-refractivity contribution in [3.8, 4) is 17.2 Å². The van der Waals surface area contributed by atoms with Gasteiger partial charge in [0.15, 0.2) is 0 Å². The number of hydrogen-bond donors (Lipinski definition) is 2.